The lowest BCUT2D eigenvalue weighted by Crippen LogP contribution is -2.36. The molecule has 1 aliphatic carbocycles. The molecule has 0 spiro atoms. The van der Waals surface area contributed by atoms with Gasteiger partial charge in [-0.05, 0) is 37.3 Å². The number of nitriles is 1. The van der Waals surface area contributed by atoms with Crippen LogP contribution in [0.2, 0.25) is 0 Å². The number of amides is 1. The highest BCUT2D eigenvalue weighted by Gasteiger charge is 2.28. The smallest absolute Gasteiger partial charge is 0.230 e. The molecule has 94 valence electrons. The summed E-state index contributed by atoms with van der Waals surface area (Å²) in [5.74, 6) is 0.0504. The first-order valence-corrected chi connectivity index (χ1v) is 6.51. The molecule has 0 heterocycles. The van der Waals surface area contributed by atoms with Gasteiger partial charge >= 0.3 is 0 Å². The first-order valence-electron chi connectivity index (χ1n) is 6.51. The van der Waals surface area contributed by atoms with E-state index in [4.69, 9.17) is 5.26 Å². The first kappa shape index (κ1) is 12.6. The van der Waals surface area contributed by atoms with Crippen LogP contribution < -0.4 is 0 Å². The van der Waals surface area contributed by atoms with Crippen LogP contribution in [-0.2, 0) is 11.2 Å². The molecule has 0 N–H and O–H groups in total. The van der Waals surface area contributed by atoms with Crippen molar-refractivity contribution in [2.75, 3.05) is 13.1 Å². The molecule has 1 atom stereocenters. The SMILES string of the molecule is CCN(CC#N)C(=O)C1CCCc2ccccc21. The maximum Gasteiger partial charge on any atom is 0.230 e. The molecule has 0 fully saturated rings. The van der Waals surface area contributed by atoms with Gasteiger partial charge in [-0.25, -0.2) is 0 Å². The summed E-state index contributed by atoms with van der Waals surface area (Å²) in [6.07, 6.45) is 3.01. The van der Waals surface area contributed by atoms with E-state index in [0.717, 1.165) is 24.8 Å². The maximum absolute atomic E-state index is 12.5. The van der Waals surface area contributed by atoms with Gasteiger partial charge in [-0.15, -0.1) is 0 Å². The van der Waals surface area contributed by atoms with Crippen molar-refractivity contribution in [3.63, 3.8) is 0 Å². The second-order valence-electron chi connectivity index (χ2n) is 4.65. The van der Waals surface area contributed by atoms with Crippen LogP contribution in [0.5, 0.6) is 0 Å². The van der Waals surface area contributed by atoms with Gasteiger partial charge in [0.15, 0.2) is 0 Å². The largest absolute Gasteiger partial charge is 0.329 e. The van der Waals surface area contributed by atoms with Crippen molar-refractivity contribution in [2.45, 2.75) is 32.1 Å². The van der Waals surface area contributed by atoms with Crippen molar-refractivity contribution in [1.29, 1.82) is 5.26 Å². The summed E-state index contributed by atoms with van der Waals surface area (Å²) < 4.78 is 0. The third-order valence-corrected chi connectivity index (χ3v) is 3.62. The molecule has 0 saturated heterocycles. The molecule has 2 rings (SSSR count). The van der Waals surface area contributed by atoms with Gasteiger partial charge in [0.25, 0.3) is 0 Å². The fraction of sp³-hybridized carbons (Fsp3) is 0.467. The van der Waals surface area contributed by atoms with Gasteiger partial charge in [-0.2, -0.15) is 5.26 Å². The molecule has 0 radical (unpaired) electrons. The van der Waals surface area contributed by atoms with E-state index < -0.39 is 0 Å². The lowest BCUT2D eigenvalue weighted by molar-refractivity contribution is -0.132. The van der Waals surface area contributed by atoms with E-state index in [1.165, 1.54) is 5.56 Å². The van der Waals surface area contributed by atoms with E-state index >= 15 is 0 Å². The van der Waals surface area contributed by atoms with Crippen LogP contribution in [0, 0.1) is 11.3 Å². The van der Waals surface area contributed by atoms with Gasteiger partial charge in [0.1, 0.15) is 6.54 Å². The molecule has 3 nitrogen and oxygen atoms in total. The fourth-order valence-electron chi connectivity index (χ4n) is 2.66. The van der Waals surface area contributed by atoms with E-state index in [1.54, 1.807) is 4.90 Å². The zero-order valence-electron chi connectivity index (χ0n) is 10.7. The molecule has 1 aliphatic rings. The first-order chi connectivity index (χ1) is 8.77. The van der Waals surface area contributed by atoms with Crippen molar-refractivity contribution in [3.8, 4) is 6.07 Å². The molecule has 0 aromatic heterocycles. The summed E-state index contributed by atoms with van der Waals surface area (Å²) in [7, 11) is 0. The highest BCUT2D eigenvalue weighted by atomic mass is 16.2. The number of carbonyl (C=O) groups excluding carboxylic acids is 1. The van der Waals surface area contributed by atoms with Crippen LogP contribution in [0.4, 0.5) is 0 Å². The van der Waals surface area contributed by atoms with Crippen molar-refractivity contribution in [3.05, 3.63) is 35.4 Å². The summed E-state index contributed by atoms with van der Waals surface area (Å²) in [5.41, 5.74) is 2.44. The Bertz CT molecular complexity index is 476. The average Bonchev–Trinajstić information content (AvgIpc) is 2.43. The minimum Gasteiger partial charge on any atom is -0.329 e. The number of rotatable bonds is 3. The van der Waals surface area contributed by atoms with Crippen LogP contribution >= 0.6 is 0 Å². The number of hydrogen-bond donors (Lipinski definition) is 0. The fourth-order valence-corrected chi connectivity index (χ4v) is 2.66. The number of benzene rings is 1. The van der Waals surface area contributed by atoms with Gasteiger partial charge in [-0.1, -0.05) is 24.3 Å². The number of carbonyl (C=O) groups is 1. The Balaban J connectivity index is 2.25. The second-order valence-corrected chi connectivity index (χ2v) is 4.65. The van der Waals surface area contributed by atoms with E-state index in [0.29, 0.717) is 6.54 Å². The summed E-state index contributed by atoms with van der Waals surface area (Å²) in [5, 5.41) is 8.77. The molecule has 1 aromatic rings. The lowest BCUT2D eigenvalue weighted by atomic mass is 9.82. The molecule has 1 amide bonds. The monoisotopic (exact) mass is 242 g/mol. The van der Waals surface area contributed by atoms with E-state index in [2.05, 4.69) is 18.2 Å². The van der Waals surface area contributed by atoms with Crippen LogP contribution in [0.1, 0.15) is 36.8 Å². The van der Waals surface area contributed by atoms with Crippen LogP contribution in [0.3, 0.4) is 0 Å². The summed E-state index contributed by atoms with van der Waals surface area (Å²) in [4.78, 5) is 14.1. The standard InChI is InChI=1S/C15H18N2O/c1-2-17(11-10-16)15(18)14-9-5-7-12-6-3-4-8-13(12)14/h3-4,6,8,14H,2,5,7,9,11H2,1H3. The minimum atomic E-state index is -0.0525. The van der Waals surface area contributed by atoms with Crippen molar-refractivity contribution >= 4 is 5.91 Å². The maximum atomic E-state index is 12.5. The zero-order valence-corrected chi connectivity index (χ0v) is 10.7. The number of hydrogen-bond acceptors (Lipinski definition) is 2. The Morgan fingerprint density at radius 3 is 3.00 bits per heavy atom. The zero-order chi connectivity index (χ0) is 13.0. The molecule has 0 aliphatic heterocycles. The molecular weight excluding hydrogens is 224 g/mol. The topological polar surface area (TPSA) is 44.1 Å². The minimum absolute atomic E-state index is 0.0525. The number of aryl methyl sites for hydroxylation is 1. The molecular formula is C15H18N2O. The van der Waals surface area contributed by atoms with Gasteiger partial charge in [0, 0.05) is 6.54 Å². The van der Waals surface area contributed by atoms with Crippen LogP contribution in [0.15, 0.2) is 24.3 Å². The number of nitrogens with zero attached hydrogens (tertiary/aromatic N) is 2. The Hall–Kier alpha value is -1.82. The van der Waals surface area contributed by atoms with Crippen molar-refractivity contribution in [1.82, 2.24) is 4.90 Å². The third-order valence-electron chi connectivity index (χ3n) is 3.62. The Labute approximate surface area is 108 Å². The van der Waals surface area contributed by atoms with Gasteiger partial charge in [0.05, 0.1) is 12.0 Å². The van der Waals surface area contributed by atoms with E-state index in [-0.39, 0.29) is 18.4 Å². The predicted molar refractivity (Wildman–Crippen MR) is 70.0 cm³/mol. The molecule has 3 heteroatoms. The van der Waals surface area contributed by atoms with Gasteiger partial charge < -0.3 is 4.90 Å². The molecule has 18 heavy (non-hydrogen) atoms. The highest BCUT2D eigenvalue weighted by molar-refractivity contribution is 5.84. The highest BCUT2D eigenvalue weighted by Crippen LogP contribution is 2.32. The molecule has 0 bridgehead atoms. The number of likely N-dealkylation sites (N-methyl/N-ethyl adjacent to an activating group) is 1. The van der Waals surface area contributed by atoms with Crippen LogP contribution in [-0.4, -0.2) is 23.9 Å². The third kappa shape index (κ3) is 2.38. The van der Waals surface area contributed by atoms with Crippen molar-refractivity contribution in [2.24, 2.45) is 0 Å². The molecule has 1 aromatic carbocycles. The molecule has 1 unspecified atom stereocenters. The Kier molecular flexibility index (Phi) is 3.99. The Morgan fingerprint density at radius 1 is 1.50 bits per heavy atom. The van der Waals surface area contributed by atoms with Gasteiger partial charge in [-0.3, -0.25) is 4.79 Å². The van der Waals surface area contributed by atoms with E-state index in [1.807, 2.05) is 19.1 Å². The quantitative estimate of drug-likeness (QED) is 0.764. The van der Waals surface area contributed by atoms with E-state index in [9.17, 15) is 4.79 Å². The molecule has 0 saturated carbocycles. The van der Waals surface area contributed by atoms with Gasteiger partial charge in [0.2, 0.25) is 5.91 Å². The average molecular weight is 242 g/mol. The van der Waals surface area contributed by atoms with Crippen LogP contribution in [0.25, 0.3) is 0 Å². The summed E-state index contributed by atoms with van der Waals surface area (Å²) in [6, 6.07) is 10.2. The number of fused-ring (bicyclic) bond motifs is 1. The Morgan fingerprint density at radius 2 is 2.28 bits per heavy atom. The van der Waals surface area contributed by atoms with Crippen molar-refractivity contribution < 1.29 is 4.79 Å². The normalized spacial score (nSPS) is 17.7. The predicted octanol–water partition coefficient (Wildman–Crippen LogP) is 2.48. The summed E-state index contributed by atoms with van der Waals surface area (Å²) in [6.45, 7) is 2.71. The summed E-state index contributed by atoms with van der Waals surface area (Å²) >= 11 is 0. The lowest BCUT2D eigenvalue weighted by Gasteiger charge is -2.29. The second kappa shape index (κ2) is 5.68.